The van der Waals surface area contributed by atoms with Crippen LogP contribution in [0.3, 0.4) is 0 Å². The summed E-state index contributed by atoms with van der Waals surface area (Å²) < 4.78 is 23.1. The molecular formula is C30H31FN8O2. The number of amides is 2. The molecule has 41 heavy (non-hydrogen) atoms. The first-order valence-corrected chi connectivity index (χ1v) is 13.7. The summed E-state index contributed by atoms with van der Waals surface area (Å²) in [5.74, 6) is 0.434. The molecule has 2 aromatic carbocycles. The fraction of sp³-hybridized carbons (Fsp3) is 0.300. The molecule has 1 aliphatic rings. The molecule has 6 rings (SSSR count). The number of rotatable bonds is 6. The Morgan fingerprint density at radius 3 is 2.63 bits per heavy atom. The number of aromatic amines is 1. The number of para-hydroxylation sites is 1. The lowest BCUT2D eigenvalue weighted by Crippen LogP contribution is -2.22. The Hall–Kier alpha value is -4.80. The van der Waals surface area contributed by atoms with E-state index in [4.69, 9.17) is 9.84 Å². The van der Waals surface area contributed by atoms with Gasteiger partial charge >= 0.3 is 6.03 Å². The monoisotopic (exact) mass is 554 g/mol. The molecule has 11 heteroatoms. The van der Waals surface area contributed by atoms with Gasteiger partial charge in [-0.1, -0.05) is 45.7 Å². The van der Waals surface area contributed by atoms with Crippen LogP contribution in [0.2, 0.25) is 0 Å². The molecule has 210 valence electrons. The first kappa shape index (κ1) is 26.4. The first-order valence-electron chi connectivity index (χ1n) is 13.7. The molecule has 0 aliphatic heterocycles. The fourth-order valence-corrected chi connectivity index (χ4v) is 5.07. The number of aromatic nitrogens is 6. The topological polar surface area (TPSA) is 123 Å². The van der Waals surface area contributed by atoms with Gasteiger partial charge in [0, 0.05) is 28.8 Å². The van der Waals surface area contributed by atoms with Crippen LogP contribution < -0.4 is 15.4 Å². The van der Waals surface area contributed by atoms with Crippen LogP contribution in [-0.2, 0) is 5.41 Å². The molecule has 0 spiro atoms. The summed E-state index contributed by atoms with van der Waals surface area (Å²) in [7, 11) is 0. The van der Waals surface area contributed by atoms with Crippen LogP contribution in [-0.4, -0.2) is 36.0 Å². The zero-order valence-corrected chi connectivity index (χ0v) is 23.1. The van der Waals surface area contributed by atoms with Crippen LogP contribution in [0.4, 0.5) is 20.7 Å². The van der Waals surface area contributed by atoms with Gasteiger partial charge in [-0.25, -0.2) is 23.8 Å². The molecule has 5 aromatic rings. The third-order valence-electron chi connectivity index (χ3n) is 7.22. The van der Waals surface area contributed by atoms with E-state index in [0.29, 0.717) is 34.2 Å². The Morgan fingerprint density at radius 1 is 1.05 bits per heavy atom. The SMILES string of the molecule is CC(C)(C)c1cc(NC(=O)Nc2ccc(Oc3ccccc3-c3ncnc4[nH]ncc34)c(F)c2)n(C2CCCC2)n1. The predicted molar refractivity (Wildman–Crippen MR) is 155 cm³/mol. The molecule has 0 unspecified atom stereocenters. The Morgan fingerprint density at radius 2 is 1.85 bits per heavy atom. The van der Waals surface area contributed by atoms with Gasteiger partial charge in [0.25, 0.3) is 0 Å². The molecule has 3 aromatic heterocycles. The van der Waals surface area contributed by atoms with E-state index in [2.05, 4.69) is 51.6 Å². The van der Waals surface area contributed by atoms with E-state index in [1.54, 1.807) is 24.4 Å². The number of benzene rings is 2. The number of H-pyrrole nitrogens is 1. The van der Waals surface area contributed by atoms with E-state index < -0.39 is 11.8 Å². The number of halogens is 1. The maximum Gasteiger partial charge on any atom is 0.324 e. The summed E-state index contributed by atoms with van der Waals surface area (Å²) in [6, 6.07) is 13.2. The highest BCUT2D eigenvalue weighted by molar-refractivity contribution is 5.99. The summed E-state index contributed by atoms with van der Waals surface area (Å²) in [6.07, 6.45) is 7.42. The molecule has 0 saturated heterocycles. The van der Waals surface area contributed by atoms with E-state index in [1.807, 2.05) is 22.9 Å². The van der Waals surface area contributed by atoms with Gasteiger partial charge in [-0.15, -0.1) is 0 Å². The molecule has 1 fully saturated rings. The van der Waals surface area contributed by atoms with E-state index in [-0.39, 0.29) is 17.2 Å². The van der Waals surface area contributed by atoms with Gasteiger partial charge < -0.3 is 10.1 Å². The summed E-state index contributed by atoms with van der Waals surface area (Å²) in [6.45, 7) is 6.28. The second kappa shape index (κ2) is 10.6. The minimum absolute atomic E-state index is 0.00929. The Kier molecular flexibility index (Phi) is 6.86. The number of hydrogen-bond donors (Lipinski definition) is 3. The lowest BCUT2D eigenvalue weighted by Gasteiger charge is -2.16. The summed E-state index contributed by atoms with van der Waals surface area (Å²) in [5, 5.41) is 18.0. The second-order valence-corrected chi connectivity index (χ2v) is 11.2. The van der Waals surface area contributed by atoms with Crippen molar-refractivity contribution >= 4 is 28.6 Å². The normalized spacial score (nSPS) is 14.0. The molecule has 2 amide bonds. The van der Waals surface area contributed by atoms with Crippen LogP contribution in [0.25, 0.3) is 22.3 Å². The molecule has 1 saturated carbocycles. The van der Waals surface area contributed by atoms with Gasteiger partial charge in [-0.2, -0.15) is 10.2 Å². The Bertz CT molecular complexity index is 1720. The van der Waals surface area contributed by atoms with Crippen molar-refractivity contribution in [2.75, 3.05) is 10.6 Å². The predicted octanol–water partition coefficient (Wildman–Crippen LogP) is 7.20. The maximum atomic E-state index is 15.2. The van der Waals surface area contributed by atoms with Gasteiger partial charge in [0.05, 0.1) is 29.0 Å². The van der Waals surface area contributed by atoms with Gasteiger partial charge in [0.15, 0.2) is 17.2 Å². The molecule has 10 nitrogen and oxygen atoms in total. The maximum absolute atomic E-state index is 15.2. The van der Waals surface area contributed by atoms with Crippen molar-refractivity contribution < 1.29 is 13.9 Å². The molecular weight excluding hydrogens is 523 g/mol. The summed E-state index contributed by atoms with van der Waals surface area (Å²) >= 11 is 0. The van der Waals surface area contributed by atoms with Crippen molar-refractivity contribution in [3.05, 3.63) is 72.6 Å². The number of nitrogens with zero attached hydrogens (tertiary/aromatic N) is 5. The average molecular weight is 555 g/mol. The van der Waals surface area contributed by atoms with E-state index in [0.717, 1.165) is 36.8 Å². The fourth-order valence-electron chi connectivity index (χ4n) is 5.07. The van der Waals surface area contributed by atoms with Crippen molar-refractivity contribution in [2.45, 2.75) is 57.9 Å². The van der Waals surface area contributed by atoms with Crippen LogP contribution >= 0.6 is 0 Å². The van der Waals surface area contributed by atoms with Crippen molar-refractivity contribution in [3.8, 4) is 22.8 Å². The third kappa shape index (κ3) is 5.47. The second-order valence-electron chi connectivity index (χ2n) is 11.2. The highest BCUT2D eigenvalue weighted by Gasteiger charge is 2.26. The quantitative estimate of drug-likeness (QED) is 0.204. The standard InChI is InChI=1S/C30H31FN8O2/c1-30(2,3)25-15-26(39(38-25)19-8-4-5-9-19)36-29(40)35-18-12-13-24(22(31)14-18)41-23-11-7-6-10-20(23)27-21-16-34-37-28(21)33-17-32-27/h6-7,10-17,19H,4-5,8-9H2,1-3H3,(H2,35,36,40)(H,32,33,34,37). The van der Waals surface area contributed by atoms with Gasteiger partial charge in [-0.3, -0.25) is 10.4 Å². The van der Waals surface area contributed by atoms with Crippen LogP contribution in [0.1, 0.15) is 58.2 Å². The van der Waals surface area contributed by atoms with Gasteiger partial charge in [0.1, 0.15) is 17.9 Å². The number of fused-ring (bicyclic) bond motifs is 1. The molecule has 0 atom stereocenters. The largest absolute Gasteiger partial charge is 0.454 e. The van der Waals surface area contributed by atoms with Crippen molar-refractivity contribution in [1.29, 1.82) is 0 Å². The Balaban J connectivity index is 1.19. The molecule has 3 heterocycles. The lowest BCUT2D eigenvalue weighted by molar-refractivity contribution is 0.262. The third-order valence-corrected chi connectivity index (χ3v) is 7.22. The van der Waals surface area contributed by atoms with Crippen molar-refractivity contribution in [2.24, 2.45) is 0 Å². The van der Waals surface area contributed by atoms with E-state index >= 15 is 4.39 Å². The van der Waals surface area contributed by atoms with Crippen molar-refractivity contribution in [3.63, 3.8) is 0 Å². The van der Waals surface area contributed by atoms with Crippen LogP contribution in [0.15, 0.2) is 61.1 Å². The number of anilines is 2. The molecule has 3 N–H and O–H groups in total. The zero-order chi connectivity index (χ0) is 28.6. The van der Waals surface area contributed by atoms with Crippen LogP contribution in [0.5, 0.6) is 11.5 Å². The molecule has 1 aliphatic carbocycles. The average Bonchev–Trinajstić information content (AvgIpc) is 3.71. The highest BCUT2D eigenvalue weighted by atomic mass is 19.1. The number of carbonyl (C=O) groups excluding carboxylic acids is 1. The summed E-state index contributed by atoms with van der Waals surface area (Å²) in [4.78, 5) is 21.5. The molecule has 0 radical (unpaired) electrons. The zero-order valence-electron chi connectivity index (χ0n) is 23.1. The molecule has 0 bridgehead atoms. The minimum atomic E-state index is -0.625. The smallest absolute Gasteiger partial charge is 0.324 e. The summed E-state index contributed by atoms with van der Waals surface area (Å²) in [5.41, 5.74) is 2.90. The lowest BCUT2D eigenvalue weighted by atomic mass is 9.92. The minimum Gasteiger partial charge on any atom is -0.454 e. The first-order chi connectivity index (χ1) is 19.8. The van der Waals surface area contributed by atoms with Crippen molar-refractivity contribution in [1.82, 2.24) is 29.9 Å². The highest BCUT2D eigenvalue weighted by Crippen LogP contribution is 2.37. The Labute approximate surface area is 236 Å². The van der Waals surface area contributed by atoms with Gasteiger partial charge in [0.2, 0.25) is 0 Å². The number of urea groups is 1. The van der Waals surface area contributed by atoms with Gasteiger partial charge in [-0.05, 0) is 37.1 Å². The van der Waals surface area contributed by atoms with E-state index in [1.165, 1.54) is 18.5 Å². The number of carbonyl (C=O) groups is 1. The number of hydrogen-bond acceptors (Lipinski definition) is 6. The number of ether oxygens (including phenoxy) is 1. The number of nitrogens with one attached hydrogen (secondary N) is 3. The van der Waals surface area contributed by atoms with E-state index in [9.17, 15) is 4.79 Å². The van der Waals surface area contributed by atoms with Crippen LogP contribution in [0, 0.1) is 5.82 Å².